The van der Waals surface area contributed by atoms with Crippen molar-refractivity contribution in [1.82, 2.24) is 10.2 Å². The standard InChI is InChI=1S/C20H17Cl2N3O5/c1-20(13-4-2-11(21)8-14(13)22)18(27)25(19(28)24-20)10-17(26)23-12-3-5-15-16(9-12)30-7-6-29-15/h2-5,8-9H,6-7,10H2,1H3,(H,23,26)(H,24,28)/t20-/m1/s1. The molecule has 0 radical (unpaired) electrons. The summed E-state index contributed by atoms with van der Waals surface area (Å²) in [6, 6.07) is 8.89. The molecule has 0 aromatic heterocycles. The van der Waals surface area contributed by atoms with Crippen LogP contribution in [-0.4, -0.2) is 42.5 Å². The number of halogens is 2. The Kier molecular flexibility index (Phi) is 5.21. The molecule has 0 spiro atoms. The summed E-state index contributed by atoms with van der Waals surface area (Å²) in [7, 11) is 0. The van der Waals surface area contributed by atoms with Crippen LogP contribution in [0.1, 0.15) is 12.5 Å². The van der Waals surface area contributed by atoms with Gasteiger partial charge in [0.2, 0.25) is 5.91 Å². The van der Waals surface area contributed by atoms with Gasteiger partial charge in [0.25, 0.3) is 5.91 Å². The molecule has 4 rings (SSSR count). The minimum Gasteiger partial charge on any atom is -0.486 e. The van der Waals surface area contributed by atoms with Crippen molar-refractivity contribution in [3.05, 3.63) is 52.0 Å². The number of ether oxygens (including phenoxy) is 2. The fraction of sp³-hybridized carbons (Fsp3) is 0.250. The quantitative estimate of drug-likeness (QED) is 0.698. The number of nitrogens with zero attached hydrogens (tertiary/aromatic N) is 1. The van der Waals surface area contributed by atoms with E-state index in [2.05, 4.69) is 10.6 Å². The van der Waals surface area contributed by atoms with E-state index in [4.69, 9.17) is 32.7 Å². The normalized spacial score (nSPS) is 20.2. The molecule has 30 heavy (non-hydrogen) atoms. The number of imide groups is 1. The van der Waals surface area contributed by atoms with E-state index >= 15 is 0 Å². The molecule has 0 bridgehead atoms. The highest BCUT2D eigenvalue weighted by Gasteiger charge is 2.50. The smallest absolute Gasteiger partial charge is 0.325 e. The Morgan fingerprint density at radius 1 is 1.13 bits per heavy atom. The molecule has 4 amide bonds. The van der Waals surface area contributed by atoms with Crippen LogP contribution in [0.15, 0.2) is 36.4 Å². The molecule has 0 aliphatic carbocycles. The van der Waals surface area contributed by atoms with Crippen molar-refractivity contribution >= 4 is 46.7 Å². The maximum absolute atomic E-state index is 13.0. The van der Waals surface area contributed by atoms with Crippen LogP contribution in [0, 0.1) is 0 Å². The van der Waals surface area contributed by atoms with Gasteiger partial charge in [0.05, 0.1) is 0 Å². The maximum atomic E-state index is 13.0. The van der Waals surface area contributed by atoms with Gasteiger partial charge >= 0.3 is 6.03 Å². The molecule has 2 N–H and O–H groups in total. The summed E-state index contributed by atoms with van der Waals surface area (Å²) in [5.74, 6) is -0.0290. The van der Waals surface area contributed by atoms with Crippen LogP contribution < -0.4 is 20.1 Å². The van der Waals surface area contributed by atoms with Gasteiger partial charge in [-0.25, -0.2) is 4.79 Å². The number of hydrogen-bond acceptors (Lipinski definition) is 5. The molecule has 156 valence electrons. The van der Waals surface area contributed by atoms with Crippen molar-refractivity contribution < 1.29 is 23.9 Å². The van der Waals surface area contributed by atoms with Gasteiger partial charge in [0.15, 0.2) is 11.5 Å². The third-order valence-corrected chi connectivity index (χ3v) is 5.42. The Morgan fingerprint density at radius 3 is 2.60 bits per heavy atom. The Morgan fingerprint density at radius 2 is 1.87 bits per heavy atom. The number of hydrogen-bond donors (Lipinski definition) is 2. The van der Waals surface area contributed by atoms with Crippen molar-refractivity contribution in [2.75, 3.05) is 25.1 Å². The average molecular weight is 450 g/mol. The highest BCUT2D eigenvalue weighted by molar-refractivity contribution is 6.35. The van der Waals surface area contributed by atoms with Crippen LogP contribution >= 0.6 is 23.2 Å². The highest BCUT2D eigenvalue weighted by atomic mass is 35.5. The van der Waals surface area contributed by atoms with Gasteiger partial charge in [-0.3, -0.25) is 14.5 Å². The van der Waals surface area contributed by atoms with Gasteiger partial charge in [-0.05, 0) is 31.2 Å². The predicted molar refractivity (Wildman–Crippen MR) is 110 cm³/mol. The van der Waals surface area contributed by atoms with E-state index in [9.17, 15) is 14.4 Å². The number of rotatable bonds is 4. The van der Waals surface area contributed by atoms with Gasteiger partial charge < -0.3 is 20.1 Å². The summed E-state index contributed by atoms with van der Waals surface area (Å²) in [4.78, 5) is 38.8. The predicted octanol–water partition coefficient (Wildman–Crippen LogP) is 3.17. The third-order valence-electron chi connectivity index (χ3n) is 4.87. The van der Waals surface area contributed by atoms with E-state index in [1.807, 2.05) is 0 Å². The summed E-state index contributed by atoms with van der Waals surface area (Å²) >= 11 is 12.1. The van der Waals surface area contributed by atoms with Crippen molar-refractivity contribution in [3.63, 3.8) is 0 Å². The second-order valence-electron chi connectivity index (χ2n) is 6.98. The molecule has 8 nitrogen and oxygen atoms in total. The molecular weight excluding hydrogens is 433 g/mol. The number of fused-ring (bicyclic) bond motifs is 1. The van der Waals surface area contributed by atoms with Crippen LogP contribution in [0.25, 0.3) is 0 Å². The topological polar surface area (TPSA) is 97.0 Å². The van der Waals surface area contributed by atoms with E-state index in [1.54, 1.807) is 30.3 Å². The Labute approximate surface area is 182 Å². The van der Waals surface area contributed by atoms with Crippen molar-refractivity contribution in [3.8, 4) is 11.5 Å². The molecule has 2 aliphatic heterocycles. The van der Waals surface area contributed by atoms with E-state index in [0.29, 0.717) is 41.0 Å². The number of amides is 4. The number of nitrogens with one attached hydrogen (secondary N) is 2. The van der Waals surface area contributed by atoms with Crippen LogP contribution in [0.3, 0.4) is 0 Å². The first kappa shape index (κ1) is 20.3. The van der Waals surface area contributed by atoms with Gasteiger partial charge in [-0.15, -0.1) is 0 Å². The summed E-state index contributed by atoms with van der Waals surface area (Å²) in [5, 5.41) is 5.90. The first-order valence-electron chi connectivity index (χ1n) is 9.07. The minimum atomic E-state index is -1.41. The van der Waals surface area contributed by atoms with Crippen LogP contribution in [0.2, 0.25) is 10.0 Å². The Bertz CT molecular complexity index is 1060. The second kappa shape index (κ2) is 7.70. The molecule has 1 atom stereocenters. The lowest BCUT2D eigenvalue weighted by Crippen LogP contribution is -2.42. The molecule has 1 fully saturated rings. The van der Waals surface area contributed by atoms with Gasteiger partial charge in [-0.2, -0.15) is 0 Å². The lowest BCUT2D eigenvalue weighted by Gasteiger charge is -2.23. The van der Waals surface area contributed by atoms with Crippen molar-refractivity contribution in [2.45, 2.75) is 12.5 Å². The summed E-state index contributed by atoms with van der Waals surface area (Å²) in [6.07, 6.45) is 0. The fourth-order valence-electron chi connectivity index (χ4n) is 3.38. The van der Waals surface area contributed by atoms with E-state index in [0.717, 1.165) is 4.90 Å². The fourth-order valence-corrected chi connectivity index (χ4v) is 3.98. The highest BCUT2D eigenvalue weighted by Crippen LogP contribution is 2.35. The van der Waals surface area contributed by atoms with Gasteiger partial charge in [0.1, 0.15) is 25.3 Å². The molecule has 2 aliphatic rings. The Hall–Kier alpha value is -2.97. The molecule has 0 saturated carbocycles. The lowest BCUT2D eigenvalue weighted by atomic mass is 9.92. The number of carbonyl (C=O) groups is 3. The SMILES string of the molecule is C[C@]1(c2ccc(Cl)cc2Cl)NC(=O)N(CC(=O)Nc2ccc3c(c2)OCCO3)C1=O. The third kappa shape index (κ3) is 3.64. The van der Waals surface area contributed by atoms with Crippen molar-refractivity contribution in [1.29, 1.82) is 0 Å². The van der Waals surface area contributed by atoms with E-state index in [1.165, 1.54) is 13.0 Å². The molecular formula is C20H17Cl2N3O5. The molecule has 10 heteroatoms. The average Bonchev–Trinajstić information content (AvgIpc) is 2.91. The molecule has 1 saturated heterocycles. The van der Waals surface area contributed by atoms with Crippen LogP contribution in [0.5, 0.6) is 11.5 Å². The zero-order valence-corrected chi connectivity index (χ0v) is 17.3. The Balaban J connectivity index is 1.48. The van der Waals surface area contributed by atoms with E-state index < -0.39 is 29.9 Å². The van der Waals surface area contributed by atoms with Gasteiger partial charge in [0, 0.05) is 27.4 Å². The van der Waals surface area contributed by atoms with Crippen molar-refractivity contribution in [2.24, 2.45) is 0 Å². The van der Waals surface area contributed by atoms with Gasteiger partial charge in [-0.1, -0.05) is 29.3 Å². The molecule has 0 unspecified atom stereocenters. The summed E-state index contributed by atoms with van der Waals surface area (Å²) in [6.45, 7) is 1.95. The monoisotopic (exact) mass is 449 g/mol. The molecule has 2 heterocycles. The maximum Gasteiger partial charge on any atom is 0.325 e. The lowest BCUT2D eigenvalue weighted by molar-refractivity contribution is -0.133. The first-order valence-corrected chi connectivity index (χ1v) is 9.82. The molecule has 2 aromatic rings. The molecule has 2 aromatic carbocycles. The number of carbonyl (C=O) groups excluding carboxylic acids is 3. The van der Waals surface area contributed by atoms with Crippen LogP contribution in [0.4, 0.5) is 10.5 Å². The number of anilines is 1. The largest absolute Gasteiger partial charge is 0.486 e. The zero-order chi connectivity index (χ0) is 21.5. The minimum absolute atomic E-state index is 0.237. The zero-order valence-electron chi connectivity index (χ0n) is 15.8. The number of benzene rings is 2. The van der Waals surface area contributed by atoms with E-state index in [-0.39, 0.29) is 5.02 Å². The summed E-state index contributed by atoms with van der Waals surface area (Å²) in [5.41, 5.74) is -0.558. The summed E-state index contributed by atoms with van der Waals surface area (Å²) < 4.78 is 10.9. The number of urea groups is 1. The van der Waals surface area contributed by atoms with Crippen LogP contribution in [-0.2, 0) is 15.1 Å². The first-order chi connectivity index (χ1) is 14.3. The second-order valence-corrected chi connectivity index (χ2v) is 7.82.